The molecule has 0 spiro atoms. The zero-order valence-electron chi connectivity index (χ0n) is 11.7. The molecule has 20 heavy (non-hydrogen) atoms. The predicted molar refractivity (Wildman–Crippen MR) is 84.0 cm³/mol. The van der Waals surface area contributed by atoms with Crippen molar-refractivity contribution in [2.75, 3.05) is 6.61 Å². The first-order chi connectivity index (χ1) is 9.92. The number of hydrogen-bond donors (Lipinski definition) is 1. The van der Waals surface area contributed by atoms with E-state index in [-0.39, 0.29) is 0 Å². The highest BCUT2D eigenvalue weighted by Crippen LogP contribution is 2.20. The summed E-state index contributed by atoms with van der Waals surface area (Å²) in [6, 6.07) is 13.6. The van der Waals surface area contributed by atoms with Crippen LogP contribution in [0.2, 0.25) is 0 Å². The number of ether oxygens (including phenoxy) is 1. The molecule has 0 saturated heterocycles. The Morgan fingerprint density at radius 3 is 2.70 bits per heavy atom. The number of rotatable bonds is 8. The van der Waals surface area contributed by atoms with E-state index in [4.69, 9.17) is 4.74 Å². The summed E-state index contributed by atoms with van der Waals surface area (Å²) < 4.78 is 5.84. The van der Waals surface area contributed by atoms with Gasteiger partial charge in [-0.2, -0.15) is 0 Å². The largest absolute Gasteiger partial charge is 0.376 e. The van der Waals surface area contributed by atoms with Crippen LogP contribution in [0.4, 0.5) is 0 Å². The summed E-state index contributed by atoms with van der Waals surface area (Å²) in [5, 5.41) is 5.69. The van der Waals surface area contributed by atoms with E-state index in [9.17, 15) is 0 Å². The molecule has 1 aliphatic carbocycles. The van der Waals surface area contributed by atoms with Crippen molar-refractivity contribution in [2.24, 2.45) is 0 Å². The second kappa shape index (κ2) is 7.02. The third-order valence-corrected chi connectivity index (χ3v) is 4.54. The standard InChI is InChI=1S/C17H21NOS/c1-2-5-15(14(4-1)12-18-16-7-8-16)13-19-10-9-17-6-3-11-20-17/h1-6,11,16,18H,7-10,12-13H2. The highest BCUT2D eigenvalue weighted by Gasteiger charge is 2.20. The quantitative estimate of drug-likeness (QED) is 0.746. The molecule has 0 radical (unpaired) electrons. The molecular formula is C17H21NOS. The highest BCUT2D eigenvalue weighted by molar-refractivity contribution is 7.09. The van der Waals surface area contributed by atoms with Crippen LogP contribution in [0.25, 0.3) is 0 Å². The van der Waals surface area contributed by atoms with Gasteiger partial charge in [-0.1, -0.05) is 30.3 Å². The summed E-state index contributed by atoms with van der Waals surface area (Å²) in [6.45, 7) is 2.48. The number of benzene rings is 1. The Labute approximate surface area is 124 Å². The van der Waals surface area contributed by atoms with Crippen LogP contribution in [-0.2, 0) is 24.3 Å². The summed E-state index contributed by atoms with van der Waals surface area (Å²) in [6.07, 6.45) is 3.68. The van der Waals surface area contributed by atoms with Crippen molar-refractivity contribution in [3.63, 3.8) is 0 Å². The molecule has 1 heterocycles. The van der Waals surface area contributed by atoms with E-state index in [0.717, 1.165) is 25.6 Å². The van der Waals surface area contributed by atoms with Crippen LogP contribution < -0.4 is 5.32 Å². The molecular weight excluding hydrogens is 266 g/mol. The lowest BCUT2D eigenvalue weighted by Gasteiger charge is -2.10. The zero-order chi connectivity index (χ0) is 13.6. The molecule has 1 N–H and O–H groups in total. The van der Waals surface area contributed by atoms with Gasteiger partial charge in [0, 0.05) is 23.9 Å². The van der Waals surface area contributed by atoms with E-state index in [1.807, 2.05) is 0 Å². The van der Waals surface area contributed by atoms with Crippen LogP contribution in [0, 0.1) is 0 Å². The van der Waals surface area contributed by atoms with E-state index in [1.165, 1.54) is 28.8 Å². The molecule has 3 rings (SSSR count). The second-order valence-corrected chi connectivity index (χ2v) is 6.34. The lowest BCUT2D eigenvalue weighted by Crippen LogP contribution is -2.16. The molecule has 1 aromatic carbocycles. The van der Waals surface area contributed by atoms with Gasteiger partial charge in [0.2, 0.25) is 0 Å². The maximum atomic E-state index is 5.84. The molecule has 0 aliphatic heterocycles. The maximum Gasteiger partial charge on any atom is 0.0720 e. The van der Waals surface area contributed by atoms with E-state index in [1.54, 1.807) is 11.3 Å². The summed E-state index contributed by atoms with van der Waals surface area (Å²) in [5.74, 6) is 0. The normalized spacial score (nSPS) is 14.6. The molecule has 1 aliphatic rings. The fourth-order valence-corrected chi connectivity index (χ4v) is 2.91. The topological polar surface area (TPSA) is 21.3 Å². The zero-order valence-corrected chi connectivity index (χ0v) is 12.5. The Morgan fingerprint density at radius 2 is 1.95 bits per heavy atom. The van der Waals surface area contributed by atoms with Crippen molar-refractivity contribution in [3.8, 4) is 0 Å². The Hall–Kier alpha value is -1.16. The molecule has 1 fully saturated rings. The van der Waals surface area contributed by atoms with Gasteiger partial charge in [-0.05, 0) is 35.4 Å². The van der Waals surface area contributed by atoms with Gasteiger partial charge < -0.3 is 10.1 Å². The van der Waals surface area contributed by atoms with Crippen LogP contribution in [0.1, 0.15) is 28.8 Å². The third-order valence-electron chi connectivity index (χ3n) is 3.61. The average molecular weight is 287 g/mol. The van der Waals surface area contributed by atoms with E-state index in [0.29, 0.717) is 6.61 Å². The monoisotopic (exact) mass is 287 g/mol. The van der Waals surface area contributed by atoms with E-state index in [2.05, 4.69) is 47.1 Å². The third kappa shape index (κ3) is 4.17. The SMILES string of the molecule is c1csc(CCOCc2ccccc2CNC2CC2)c1. The summed E-state index contributed by atoms with van der Waals surface area (Å²) in [4.78, 5) is 1.40. The second-order valence-electron chi connectivity index (χ2n) is 5.31. The summed E-state index contributed by atoms with van der Waals surface area (Å²) in [5.41, 5.74) is 2.68. The first-order valence-electron chi connectivity index (χ1n) is 7.32. The van der Waals surface area contributed by atoms with Crippen LogP contribution >= 0.6 is 11.3 Å². The van der Waals surface area contributed by atoms with Gasteiger partial charge in [0.05, 0.1) is 13.2 Å². The molecule has 0 bridgehead atoms. The van der Waals surface area contributed by atoms with Crippen LogP contribution in [-0.4, -0.2) is 12.6 Å². The average Bonchev–Trinajstić information content (AvgIpc) is 3.17. The number of hydrogen-bond acceptors (Lipinski definition) is 3. The lowest BCUT2D eigenvalue weighted by atomic mass is 10.1. The van der Waals surface area contributed by atoms with Gasteiger partial charge in [0.25, 0.3) is 0 Å². The maximum absolute atomic E-state index is 5.84. The lowest BCUT2D eigenvalue weighted by molar-refractivity contribution is 0.123. The Balaban J connectivity index is 1.45. The smallest absolute Gasteiger partial charge is 0.0720 e. The summed E-state index contributed by atoms with van der Waals surface area (Å²) in [7, 11) is 0. The molecule has 2 nitrogen and oxygen atoms in total. The fourth-order valence-electron chi connectivity index (χ4n) is 2.22. The van der Waals surface area contributed by atoms with Crippen molar-refractivity contribution in [1.82, 2.24) is 5.32 Å². The Morgan fingerprint density at radius 1 is 1.10 bits per heavy atom. The Bertz CT molecular complexity index is 520. The van der Waals surface area contributed by atoms with Crippen LogP contribution in [0.15, 0.2) is 41.8 Å². The Kier molecular flexibility index (Phi) is 4.85. The molecule has 3 heteroatoms. The minimum atomic E-state index is 0.716. The fraction of sp³-hybridized carbons (Fsp3) is 0.412. The first-order valence-corrected chi connectivity index (χ1v) is 8.20. The van der Waals surface area contributed by atoms with E-state index >= 15 is 0 Å². The van der Waals surface area contributed by atoms with Gasteiger partial charge in [0.1, 0.15) is 0 Å². The van der Waals surface area contributed by atoms with Crippen LogP contribution in [0.3, 0.4) is 0 Å². The van der Waals surface area contributed by atoms with Crippen molar-refractivity contribution in [3.05, 3.63) is 57.8 Å². The van der Waals surface area contributed by atoms with Gasteiger partial charge in [-0.3, -0.25) is 0 Å². The molecule has 106 valence electrons. The van der Waals surface area contributed by atoms with Crippen LogP contribution in [0.5, 0.6) is 0 Å². The van der Waals surface area contributed by atoms with Gasteiger partial charge in [-0.15, -0.1) is 11.3 Å². The minimum absolute atomic E-state index is 0.716. The van der Waals surface area contributed by atoms with Crippen molar-refractivity contribution < 1.29 is 4.74 Å². The van der Waals surface area contributed by atoms with Gasteiger partial charge >= 0.3 is 0 Å². The molecule has 0 atom stereocenters. The predicted octanol–water partition coefficient (Wildman–Crippen LogP) is 3.76. The summed E-state index contributed by atoms with van der Waals surface area (Å²) >= 11 is 1.80. The number of thiophene rings is 1. The molecule has 0 amide bonds. The molecule has 1 aromatic heterocycles. The highest BCUT2D eigenvalue weighted by atomic mass is 32.1. The van der Waals surface area contributed by atoms with Crippen molar-refractivity contribution in [1.29, 1.82) is 0 Å². The first kappa shape index (κ1) is 13.8. The molecule has 2 aromatic rings. The van der Waals surface area contributed by atoms with E-state index < -0.39 is 0 Å². The van der Waals surface area contributed by atoms with Gasteiger partial charge in [-0.25, -0.2) is 0 Å². The minimum Gasteiger partial charge on any atom is -0.376 e. The molecule has 0 unspecified atom stereocenters. The number of nitrogens with one attached hydrogen (secondary N) is 1. The van der Waals surface area contributed by atoms with Crippen molar-refractivity contribution >= 4 is 11.3 Å². The van der Waals surface area contributed by atoms with Gasteiger partial charge in [0.15, 0.2) is 0 Å². The van der Waals surface area contributed by atoms with Crippen molar-refractivity contribution in [2.45, 2.75) is 38.5 Å². The molecule has 1 saturated carbocycles.